The Kier molecular flexibility index (Phi) is 2.65. The minimum absolute atomic E-state index is 0.659. The molecule has 2 N–H and O–H groups in total. The van der Waals surface area contributed by atoms with Gasteiger partial charge in [0, 0.05) is 10.0 Å². The first-order chi connectivity index (χ1) is 6.79. The van der Waals surface area contributed by atoms with Crippen molar-refractivity contribution in [1.82, 2.24) is 9.97 Å². The largest absolute Gasteiger partial charge is 0.382 e. The van der Waals surface area contributed by atoms with E-state index in [1.165, 1.54) is 0 Å². The van der Waals surface area contributed by atoms with E-state index < -0.39 is 6.10 Å². The zero-order valence-corrected chi connectivity index (χ0v) is 8.90. The van der Waals surface area contributed by atoms with Gasteiger partial charge >= 0.3 is 0 Å². The van der Waals surface area contributed by atoms with Crippen molar-refractivity contribution >= 4 is 15.9 Å². The number of benzene rings is 1. The monoisotopic (exact) mass is 252 g/mol. The minimum Gasteiger partial charge on any atom is -0.382 e. The first-order valence-electron chi connectivity index (χ1n) is 4.20. The van der Waals surface area contributed by atoms with Gasteiger partial charge in [0.2, 0.25) is 0 Å². The van der Waals surface area contributed by atoms with E-state index in [1.807, 2.05) is 24.3 Å². The Morgan fingerprint density at radius 1 is 1.36 bits per heavy atom. The van der Waals surface area contributed by atoms with Crippen LogP contribution in [0.1, 0.15) is 17.4 Å². The highest BCUT2D eigenvalue weighted by molar-refractivity contribution is 9.10. The Bertz CT molecular complexity index is 414. The predicted molar refractivity (Wildman–Crippen MR) is 56.8 cm³/mol. The van der Waals surface area contributed by atoms with Crippen LogP contribution >= 0.6 is 15.9 Å². The van der Waals surface area contributed by atoms with Crippen LogP contribution in [0.5, 0.6) is 0 Å². The zero-order valence-electron chi connectivity index (χ0n) is 7.31. The molecule has 1 atom stereocenters. The van der Waals surface area contributed by atoms with Crippen LogP contribution in [0.2, 0.25) is 0 Å². The zero-order chi connectivity index (χ0) is 9.97. The molecule has 2 aromatic rings. The number of rotatable bonds is 2. The summed E-state index contributed by atoms with van der Waals surface area (Å²) in [4.78, 5) is 6.75. The number of nitrogens with zero attached hydrogens (tertiary/aromatic N) is 1. The molecule has 1 heterocycles. The molecule has 0 radical (unpaired) electrons. The first-order valence-corrected chi connectivity index (χ1v) is 4.99. The Labute approximate surface area is 89.9 Å². The normalized spacial score (nSPS) is 12.7. The number of imidazole rings is 1. The second kappa shape index (κ2) is 3.94. The number of hydrogen-bond donors (Lipinski definition) is 2. The average Bonchev–Trinajstić information content (AvgIpc) is 2.70. The van der Waals surface area contributed by atoms with Gasteiger partial charge < -0.3 is 10.1 Å². The summed E-state index contributed by atoms with van der Waals surface area (Å²) in [5, 5.41) is 9.96. The Morgan fingerprint density at radius 2 is 2.14 bits per heavy atom. The van der Waals surface area contributed by atoms with Gasteiger partial charge in [0.1, 0.15) is 6.10 Å². The molecule has 1 aromatic carbocycles. The van der Waals surface area contributed by atoms with Crippen molar-refractivity contribution in [2.75, 3.05) is 0 Å². The van der Waals surface area contributed by atoms with E-state index in [0.29, 0.717) is 5.69 Å². The van der Waals surface area contributed by atoms with E-state index in [-0.39, 0.29) is 0 Å². The second-order valence-corrected chi connectivity index (χ2v) is 3.79. The fourth-order valence-electron chi connectivity index (χ4n) is 1.28. The van der Waals surface area contributed by atoms with Crippen LogP contribution in [0.15, 0.2) is 41.3 Å². The van der Waals surface area contributed by atoms with Crippen molar-refractivity contribution in [2.24, 2.45) is 0 Å². The molecule has 1 unspecified atom stereocenters. The van der Waals surface area contributed by atoms with Gasteiger partial charge in [-0.05, 0) is 6.07 Å². The van der Waals surface area contributed by atoms with Crippen molar-refractivity contribution in [2.45, 2.75) is 6.10 Å². The molecule has 0 fully saturated rings. The molecule has 0 aliphatic heterocycles. The third-order valence-corrected chi connectivity index (χ3v) is 2.74. The molecule has 0 aliphatic rings. The van der Waals surface area contributed by atoms with Gasteiger partial charge in [-0.15, -0.1) is 0 Å². The number of hydrogen-bond acceptors (Lipinski definition) is 2. The summed E-state index contributed by atoms with van der Waals surface area (Å²) < 4.78 is 0.891. The molecule has 14 heavy (non-hydrogen) atoms. The number of aromatic nitrogens is 2. The van der Waals surface area contributed by atoms with Crippen LogP contribution in [0, 0.1) is 0 Å². The van der Waals surface area contributed by atoms with Crippen molar-refractivity contribution in [3.05, 3.63) is 52.5 Å². The maximum absolute atomic E-state index is 9.96. The standard InChI is InChI=1S/C10H9BrN2O/c11-8-4-2-1-3-7(8)10(14)9-5-12-6-13-9/h1-6,10,14H,(H,12,13). The van der Waals surface area contributed by atoms with Crippen LogP contribution in [-0.2, 0) is 0 Å². The summed E-state index contributed by atoms with van der Waals surface area (Å²) in [6.45, 7) is 0. The number of aliphatic hydroxyl groups excluding tert-OH is 1. The summed E-state index contributed by atoms with van der Waals surface area (Å²) in [5.74, 6) is 0. The van der Waals surface area contributed by atoms with Crippen LogP contribution in [0.4, 0.5) is 0 Å². The molecule has 3 nitrogen and oxygen atoms in total. The molecule has 0 amide bonds. The number of aromatic amines is 1. The Hall–Kier alpha value is -1.13. The van der Waals surface area contributed by atoms with E-state index in [2.05, 4.69) is 25.9 Å². The van der Waals surface area contributed by atoms with Crippen LogP contribution in [0.25, 0.3) is 0 Å². The van der Waals surface area contributed by atoms with Gasteiger partial charge in [0.05, 0.1) is 18.2 Å². The molecule has 0 aliphatic carbocycles. The molecular weight excluding hydrogens is 244 g/mol. The van der Waals surface area contributed by atoms with Crippen LogP contribution in [0.3, 0.4) is 0 Å². The van der Waals surface area contributed by atoms with Crippen LogP contribution in [-0.4, -0.2) is 15.1 Å². The average molecular weight is 253 g/mol. The maximum Gasteiger partial charge on any atom is 0.121 e. The summed E-state index contributed by atoms with van der Waals surface area (Å²) >= 11 is 3.39. The van der Waals surface area contributed by atoms with E-state index in [1.54, 1.807) is 12.5 Å². The summed E-state index contributed by atoms with van der Waals surface area (Å²) in [6.07, 6.45) is 2.51. The fourth-order valence-corrected chi connectivity index (χ4v) is 1.78. The maximum atomic E-state index is 9.96. The van der Waals surface area contributed by atoms with Gasteiger partial charge in [-0.3, -0.25) is 0 Å². The van der Waals surface area contributed by atoms with Gasteiger partial charge in [-0.2, -0.15) is 0 Å². The molecule has 0 saturated heterocycles. The highest BCUT2D eigenvalue weighted by atomic mass is 79.9. The molecule has 72 valence electrons. The quantitative estimate of drug-likeness (QED) is 0.862. The van der Waals surface area contributed by atoms with E-state index in [9.17, 15) is 5.11 Å². The molecule has 0 spiro atoms. The predicted octanol–water partition coefficient (Wildman–Crippen LogP) is 2.25. The van der Waals surface area contributed by atoms with Crippen molar-refractivity contribution in [1.29, 1.82) is 0 Å². The molecule has 1 aromatic heterocycles. The molecule has 2 rings (SSSR count). The van der Waals surface area contributed by atoms with Gasteiger partial charge in [-0.25, -0.2) is 4.98 Å². The Balaban J connectivity index is 2.37. The lowest BCUT2D eigenvalue weighted by molar-refractivity contribution is 0.215. The van der Waals surface area contributed by atoms with Crippen molar-refractivity contribution in [3.8, 4) is 0 Å². The van der Waals surface area contributed by atoms with Crippen LogP contribution < -0.4 is 0 Å². The minimum atomic E-state index is -0.659. The Morgan fingerprint density at radius 3 is 2.79 bits per heavy atom. The van der Waals surface area contributed by atoms with E-state index in [4.69, 9.17) is 0 Å². The summed E-state index contributed by atoms with van der Waals surface area (Å²) in [5.41, 5.74) is 1.52. The first kappa shape index (κ1) is 9.43. The summed E-state index contributed by atoms with van der Waals surface area (Å²) in [6, 6.07) is 7.57. The lowest BCUT2D eigenvalue weighted by atomic mass is 10.1. The highest BCUT2D eigenvalue weighted by Gasteiger charge is 2.13. The SMILES string of the molecule is OC(c1cnc[nH]1)c1ccccc1Br. The third-order valence-electron chi connectivity index (χ3n) is 2.01. The molecular formula is C10H9BrN2O. The molecule has 0 saturated carbocycles. The highest BCUT2D eigenvalue weighted by Crippen LogP contribution is 2.26. The van der Waals surface area contributed by atoms with Gasteiger partial charge in [-0.1, -0.05) is 34.1 Å². The number of halogens is 1. The smallest absolute Gasteiger partial charge is 0.121 e. The lowest BCUT2D eigenvalue weighted by Gasteiger charge is -2.10. The number of H-pyrrole nitrogens is 1. The van der Waals surface area contributed by atoms with Crippen molar-refractivity contribution in [3.63, 3.8) is 0 Å². The summed E-state index contributed by atoms with van der Waals surface area (Å²) in [7, 11) is 0. The second-order valence-electron chi connectivity index (χ2n) is 2.93. The van der Waals surface area contributed by atoms with Gasteiger partial charge in [0.25, 0.3) is 0 Å². The molecule has 0 bridgehead atoms. The van der Waals surface area contributed by atoms with Gasteiger partial charge in [0.15, 0.2) is 0 Å². The lowest BCUT2D eigenvalue weighted by Crippen LogP contribution is -2.00. The number of nitrogens with one attached hydrogen (secondary N) is 1. The van der Waals surface area contributed by atoms with E-state index in [0.717, 1.165) is 10.0 Å². The third kappa shape index (κ3) is 1.71. The molecule has 4 heteroatoms. The van der Waals surface area contributed by atoms with Crippen molar-refractivity contribution < 1.29 is 5.11 Å². The topological polar surface area (TPSA) is 48.9 Å². The number of aliphatic hydroxyl groups is 1. The van der Waals surface area contributed by atoms with E-state index >= 15 is 0 Å². The fraction of sp³-hybridized carbons (Fsp3) is 0.100.